The zero-order valence-corrected chi connectivity index (χ0v) is 19.4. The molecule has 4 rings (SSSR count). The van der Waals surface area contributed by atoms with E-state index < -0.39 is 11.7 Å². The van der Waals surface area contributed by atoms with Crippen LogP contribution in [0.4, 0.5) is 18.3 Å². The van der Waals surface area contributed by atoms with E-state index in [4.69, 9.17) is 0 Å². The summed E-state index contributed by atoms with van der Waals surface area (Å²) in [5.74, 6) is -0.376. The minimum absolute atomic E-state index is 0. The van der Waals surface area contributed by atoms with Gasteiger partial charge in [0.05, 0.1) is 22.1 Å². The van der Waals surface area contributed by atoms with E-state index in [1.54, 1.807) is 17.4 Å². The Labute approximate surface area is 199 Å². The molecule has 10 heteroatoms. The van der Waals surface area contributed by atoms with Gasteiger partial charge in [-0.3, -0.25) is 9.69 Å². The lowest BCUT2D eigenvalue weighted by Gasteiger charge is -2.20. The third-order valence-corrected chi connectivity index (χ3v) is 6.18. The number of amides is 1. The van der Waals surface area contributed by atoms with E-state index in [1.807, 2.05) is 22.9 Å². The summed E-state index contributed by atoms with van der Waals surface area (Å²) in [6.45, 7) is 3.10. The number of aromatic nitrogens is 3. The summed E-state index contributed by atoms with van der Waals surface area (Å²) in [6.07, 6.45) is 2.30. The molecular weight excluding hydrogens is 473 g/mol. The molecule has 4 aromatic rings. The van der Waals surface area contributed by atoms with Gasteiger partial charge in [-0.25, -0.2) is 9.97 Å². The van der Waals surface area contributed by atoms with Gasteiger partial charge >= 0.3 is 6.18 Å². The second-order valence-electron chi connectivity index (χ2n) is 7.34. The largest absolute Gasteiger partial charge is 0.416 e. The molecular formula is C23H22ClF3N4OS. The second-order valence-corrected chi connectivity index (χ2v) is 8.35. The maximum atomic E-state index is 13.3. The number of carbonyl (C=O) groups is 1. The first-order chi connectivity index (χ1) is 15.3. The minimum Gasteiger partial charge on any atom is -0.337 e. The third-order valence-electron chi connectivity index (χ3n) is 5.14. The number of nitrogens with zero attached hydrogens (tertiary/aromatic N) is 4. The highest BCUT2D eigenvalue weighted by atomic mass is 35.5. The van der Waals surface area contributed by atoms with Gasteiger partial charge in [-0.1, -0.05) is 24.3 Å². The Morgan fingerprint density at radius 2 is 1.91 bits per heavy atom. The predicted octanol–water partition coefficient (Wildman–Crippen LogP) is 6.23. The SMILES string of the molecule is CCc1ccc2nc(N(CCCn3ccnc3)C(=O)c3ccc(C(F)(F)F)cc3)sc2c1.Cl. The number of anilines is 1. The van der Waals surface area contributed by atoms with E-state index in [9.17, 15) is 18.0 Å². The highest BCUT2D eigenvalue weighted by Crippen LogP contribution is 2.32. The molecule has 0 radical (unpaired) electrons. The van der Waals surface area contributed by atoms with Crippen molar-refractivity contribution in [1.82, 2.24) is 14.5 Å². The summed E-state index contributed by atoms with van der Waals surface area (Å²) in [6, 6.07) is 10.3. The van der Waals surface area contributed by atoms with Gasteiger partial charge in [0.25, 0.3) is 5.91 Å². The van der Waals surface area contributed by atoms with Gasteiger partial charge < -0.3 is 4.57 Å². The van der Waals surface area contributed by atoms with Crippen LogP contribution in [0.15, 0.2) is 61.2 Å². The molecule has 0 N–H and O–H groups in total. The van der Waals surface area contributed by atoms with Crippen molar-refractivity contribution < 1.29 is 18.0 Å². The summed E-state index contributed by atoms with van der Waals surface area (Å²) >= 11 is 1.41. The number of hydrogen-bond acceptors (Lipinski definition) is 4. The number of hydrogen-bond donors (Lipinski definition) is 0. The minimum atomic E-state index is -4.45. The van der Waals surface area contributed by atoms with Crippen LogP contribution >= 0.6 is 23.7 Å². The van der Waals surface area contributed by atoms with Crippen LogP contribution in [0.5, 0.6) is 0 Å². The summed E-state index contributed by atoms with van der Waals surface area (Å²) in [7, 11) is 0. The fourth-order valence-corrected chi connectivity index (χ4v) is 4.42. The Hall–Kier alpha value is -2.91. The van der Waals surface area contributed by atoms with Gasteiger partial charge in [0.15, 0.2) is 5.13 Å². The number of imidazole rings is 1. The van der Waals surface area contributed by atoms with Crippen LogP contribution in [0.2, 0.25) is 0 Å². The zero-order valence-electron chi connectivity index (χ0n) is 17.7. The molecule has 2 aromatic carbocycles. The molecule has 0 atom stereocenters. The molecule has 0 fully saturated rings. The molecule has 0 saturated heterocycles. The van der Waals surface area contributed by atoms with E-state index in [2.05, 4.69) is 23.0 Å². The van der Waals surface area contributed by atoms with Crippen LogP contribution in [0.25, 0.3) is 10.2 Å². The number of benzene rings is 2. The molecule has 33 heavy (non-hydrogen) atoms. The van der Waals surface area contributed by atoms with E-state index in [-0.39, 0.29) is 23.9 Å². The van der Waals surface area contributed by atoms with Crippen LogP contribution in [0, 0.1) is 0 Å². The van der Waals surface area contributed by atoms with Crippen LogP contribution in [-0.4, -0.2) is 27.0 Å². The molecule has 0 aliphatic rings. The molecule has 0 aliphatic carbocycles. The van der Waals surface area contributed by atoms with Gasteiger partial charge in [-0.2, -0.15) is 13.2 Å². The summed E-state index contributed by atoms with van der Waals surface area (Å²) in [4.78, 5) is 23.5. The van der Waals surface area contributed by atoms with Crippen molar-refractivity contribution in [2.24, 2.45) is 0 Å². The standard InChI is InChI=1S/C23H21F3N4OS.ClH/c1-2-16-4-9-19-20(14-16)32-22(28-19)30(12-3-11-29-13-10-27-15-29)21(31)17-5-7-18(8-6-17)23(24,25)26;/h4-10,13-15H,2-3,11-12H2,1H3;1H. The fourth-order valence-electron chi connectivity index (χ4n) is 3.36. The average molecular weight is 495 g/mol. The predicted molar refractivity (Wildman–Crippen MR) is 126 cm³/mol. The topological polar surface area (TPSA) is 51.0 Å². The molecule has 174 valence electrons. The maximum absolute atomic E-state index is 13.3. The number of rotatable bonds is 7. The maximum Gasteiger partial charge on any atom is 0.416 e. The highest BCUT2D eigenvalue weighted by molar-refractivity contribution is 7.22. The molecule has 0 aliphatic heterocycles. The van der Waals surface area contributed by atoms with Crippen LogP contribution < -0.4 is 4.90 Å². The van der Waals surface area contributed by atoms with Crippen molar-refractivity contribution in [3.63, 3.8) is 0 Å². The number of aryl methyl sites for hydroxylation is 2. The van der Waals surface area contributed by atoms with Crippen molar-refractivity contribution in [3.05, 3.63) is 77.9 Å². The molecule has 0 unspecified atom stereocenters. The molecule has 0 saturated carbocycles. The van der Waals surface area contributed by atoms with Gasteiger partial charge in [0.2, 0.25) is 0 Å². The summed E-state index contributed by atoms with van der Waals surface area (Å²) < 4.78 is 41.6. The van der Waals surface area contributed by atoms with Crippen molar-refractivity contribution >= 4 is 45.0 Å². The molecule has 5 nitrogen and oxygen atoms in total. The summed E-state index contributed by atoms with van der Waals surface area (Å²) in [5, 5.41) is 0.531. The van der Waals surface area contributed by atoms with Crippen LogP contribution in [0.1, 0.15) is 34.8 Å². The fraction of sp³-hybridized carbons (Fsp3) is 0.261. The lowest BCUT2D eigenvalue weighted by Crippen LogP contribution is -2.32. The van der Waals surface area contributed by atoms with Crippen molar-refractivity contribution in [1.29, 1.82) is 0 Å². The van der Waals surface area contributed by atoms with E-state index in [0.717, 1.165) is 28.8 Å². The number of fused-ring (bicyclic) bond motifs is 1. The first-order valence-electron chi connectivity index (χ1n) is 10.2. The molecule has 2 heterocycles. The highest BCUT2D eigenvalue weighted by Gasteiger charge is 2.30. The molecule has 1 amide bonds. The van der Waals surface area contributed by atoms with Crippen molar-refractivity contribution in [3.8, 4) is 0 Å². The molecule has 0 spiro atoms. The molecule has 0 bridgehead atoms. The smallest absolute Gasteiger partial charge is 0.337 e. The Balaban J connectivity index is 0.00000306. The Morgan fingerprint density at radius 1 is 1.15 bits per heavy atom. The van der Waals surface area contributed by atoms with Gasteiger partial charge in [-0.15, -0.1) is 12.4 Å². The van der Waals surface area contributed by atoms with E-state index >= 15 is 0 Å². The summed E-state index contributed by atoms with van der Waals surface area (Å²) in [5.41, 5.74) is 1.37. The average Bonchev–Trinajstić information content (AvgIpc) is 3.45. The first-order valence-corrected chi connectivity index (χ1v) is 11.0. The molecule has 2 aromatic heterocycles. The van der Waals surface area contributed by atoms with E-state index in [0.29, 0.717) is 24.6 Å². The third kappa shape index (κ3) is 5.72. The van der Waals surface area contributed by atoms with E-state index in [1.165, 1.54) is 29.0 Å². The number of thiazole rings is 1. The van der Waals surface area contributed by atoms with Gasteiger partial charge in [0.1, 0.15) is 0 Å². The Kier molecular flexibility index (Phi) is 7.76. The number of alkyl halides is 3. The van der Waals surface area contributed by atoms with Crippen LogP contribution in [0.3, 0.4) is 0 Å². The van der Waals surface area contributed by atoms with Gasteiger partial charge in [-0.05, 0) is 54.8 Å². The lowest BCUT2D eigenvalue weighted by atomic mass is 10.1. The normalized spacial score (nSPS) is 11.4. The van der Waals surface area contributed by atoms with Crippen molar-refractivity contribution in [2.45, 2.75) is 32.5 Å². The number of halogens is 4. The second kappa shape index (κ2) is 10.4. The van der Waals surface area contributed by atoms with Crippen molar-refractivity contribution in [2.75, 3.05) is 11.4 Å². The Morgan fingerprint density at radius 3 is 2.55 bits per heavy atom. The Bertz CT molecular complexity index is 1210. The number of carbonyl (C=O) groups excluding carboxylic acids is 1. The lowest BCUT2D eigenvalue weighted by molar-refractivity contribution is -0.137. The zero-order chi connectivity index (χ0) is 22.7. The quantitative estimate of drug-likeness (QED) is 0.306. The van der Waals surface area contributed by atoms with Gasteiger partial charge in [0, 0.05) is 31.0 Å². The first kappa shape index (κ1) is 24.7. The van der Waals surface area contributed by atoms with Crippen LogP contribution in [-0.2, 0) is 19.1 Å². The monoisotopic (exact) mass is 494 g/mol.